The number of hydrogen-bond acceptors (Lipinski definition) is 5. The normalized spacial score (nSPS) is 18.5. The van der Waals surface area contributed by atoms with Crippen molar-refractivity contribution >= 4 is 5.82 Å². The lowest BCUT2D eigenvalue weighted by Gasteiger charge is -2.38. The van der Waals surface area contributed by atoms with Crippen molar-refractivity contribution in [1.29, 1.82) is 0 Å². The Labute approximate surface area is 224 Å². The van der Waals surface area contributed by atoms with Crippen molar-refractivity contribution in [1.82, 2.24) is 15.2 Å². The number of piperazine rings is 1. The minimum Gasteiger partial charge on any atom is -0.376 e. The lowest BCUT2D eigenvalue weighted by molar-refractivity contribution is 0.0170. The largest absolute Gasteiger partial charge is 0.376 e. The number of likely N-dealkylation sites (N-methyl/N-ethyl adjacent to an activating group) is 1. The van der Waals surface area contributed by atoms with E-state index >= 15 is 0 Å². The highest BCUT2D eigenvalue weighted by atomic mass is 19.3. The Kier molecular flexibility index (Phi) is 8.07. The van der Waals surface area contributed by atoms with Crippen molar-refractivity contribution in [3.63, 3.8) is 0 Å². The Morgan fingerprint density at radius 3 is 2.39 bits per heavy atom. The second-order valence-electron chi connectivity index (χ2n) is 10.9. The molecule has 0 saturated carbocycles. The van der Waals surface area contributed by atoms with Crippen LogP contribution in [0.2, 0.25) is 0 Å². The quantitative estimate of drug-likeness (QED) is 0.428. The van der Waals surface area contributed by atoms with Crippen molar-refractivity contribution in [2.45, 2.75) is 37.7 Å². The summed E-state index contributed by atoms with van der Waals surface area (Å²) in [4.78, 5) is 9.13. The molecule has 0 bridgehead atoms. The van der Waals surface area contributed by atoms with E-state index in [-0.39, 0.29) is 17.6 Å². The van der Waals surface area contributed by atoms with Gasteiger partial charge in [-0.05, 0) is 85.6 Å². The monoisotopic (exact) mass is 520 g/mol. The van der Waals surface area contributed by atoms with Crippen LogP contribution >= 0.6 is 0 Å². The first-order valence-corrected chi connectivity index (χ1v) is 13.6. The summed E-state index contributed by atoms with van der Waals surface area (Å²) in [6, 6.07) is 19.6. The van der Waals surface area contributed by atoms with Gasteiger partial charge in [-0.2, -0.15) is 0 Å². The van der Waals surface area contributed by atoms with Crippen molar-refractivity contribution in [2.75, 3.05) is 57.8 Å². The lowest BCUT2D eigenvalue weighted by atomic mass is 9.74. The third kappa shape index (κ3) is 6.22. The molecule has 38 heavy (non-hydrogen) atoms. The molecule has 202 valence electrons. The van der Waals surface area contributed by atoms with Gasteiger partial charge in [0.25, 0.3) is 5.92 Å². The summed E-state index contributed by atoms with van der Waals surface area (Å²) in [6.07, 6.45) is 3.75. The number of rotatable bonds is 8. The zero-order chi connectivity index (χ0) is 26.6. The van der Waals surface area contributed by atoms with E-state index < -0.39 is 5.92 Å². The smallest absolute Gasteiger partial charge is 0.270 e. The second-order valence-corrected chi connectivity index (χ2v) is 10.9. The molecule has 5 rings (SSSR count). The lowest BCUT2D eigenvalue weighted by Crippen LogP contribution is -2.44. The van der Waals surface area contributed by atoms with E-state index in [1.165, 1.54) is 5.56 Å². The van der Waals surface area contributed by atoms with Crippen LogP contribution in [0, 0.1) is 0 Å². The number of benzene rings is 2. The molecule has 7 heteroatoms. The number of hydrogen-bond donors (Lipinski definition) is 1. The van der Waals surface area contributed by atoms with Gasteiger partial charge in [0.2, 0.25) is 0 Å². The minimum absolute atomic E-state index is 0.00574. The Balaban J connectivity index is 1.37. The van der Waals surface area contributed by atoms with Gasteiger partial charge in [0.1, 0.15) is 5.82 Å². The Hall–Kier alpha value is -2.87. The molecule has 1 aromatic heterocycles. The maximum absolute atomic E-state index is 14.6. The average Bonchev–Trinajstić information content (AvgIpc) is 2.94. The van der Waals surface area contributed by atoms with Crippen molar-refractivity contribution < 1.29 is 13.5 Å². The maximum Gasteiger partial charge on any atom is 0.270 e. The number of anilines is 1. The second kappa shape index (κ2) is 11.5. The van der Waals surface area contributed by atoms with Crippen LogP contribution in [0.1, 0.15) is 36.5 Å². The fourth-order valence-electron chi connectivity index (χ4n) is 5.58. The highest BCUT2D eigenvalue weighted by Crippen LogP contribution is 2.36. The molecule has 3 aromatic rings. The van der Waals surface area contributed by atoms with Crippen LogP contribution in [-0.4, -0.2) is 62.8 Å². The van der Waals surface area contributed by atoms with Crippen LogP contribution in [0.4, 0.5) is 14.6 Å². The first-order valence-electron chi connectivity index (χ1n) is 13.6. The van der Waals surface area contributed by atoms with Gasteiger partial charge in [-0.25, -0.2) is 13.8 Å². The van der Waals surface area contributed by atoms with E-state index in [4.69, 9.17) is 4.74 Å². The molecule has 2 aromatic carbocycles. The number of nitrogens with zero attached hydrogens (tertiary/aromatic N) is 3. The van der Waals surface area contributed by atoms with Crippen LogP contribution in [0.3, 0.4) is 0 Å². The van der Waals surface area contributed by atoms with Gasteiger partial charge in [0, 0.05) is 50.3 Å². The first-order chi connectivity index (χ1) is 18.3. The van der Waals surface area contributed by atoms with Gasteiger partial charge in [-0.1, -0.05) is 30.3 Å². The number of nitrogens with one attached hydrogen (secondary N) is 1. The van der Waals surface area contributed by atoms with Gasteiger partial charge in [0.05, 0.1) is 13.2 Å². The first kappa shape index (κ1) is 26.7. The molecular weight excluding hydrogens is 482 g/mol. The predicted molar refractivity (Wildman–Crippen MR) is 149 cm³/mol. The molecule has 0 amide bonds. The van der Waals surface area contributed by atoms with E-state index in [1.54, 1.807) is 18.3 Å². The van der Waals surface area contributed by atoms with Crippen LogP contribution in [0.25, 0.3) is 11.1 Å². The highest BCUT2D eigenvalue weighted by molar-refractivity contribution is 5.68. The van der Waals surface area contributed by atoms with Crippen molar-refractivity contribution in [2.24, 2.45) is 0 Å². The summed E-state index contributed by atoms with van der Waals surface area (Å²) < 4.78 is 35.4. The van der Waals surface area contributed by atoms with E-state index in [2.05, 4.69) is 51.4 Å². The number of ether oxygens (including phenoxy) is 1. The molecule has 1 N–H and O–H groups in total. The molecule has 0 atom stereocenters. The standard InChI is InChI=1S/C31H38F2N4O/c1-30(32,33)28-19-24(22-38-23-31(9-12-34-13-10-31)27-6-4-3-5-7-27)18-26(20-28)25-8-11-35-29(21-25)37-16-14-36(2)15-17-37/h3-8,11,18-21,34H,9-10,12-17,22-23H2,1-2H3. The molecule has 2 aliphatic rings. The van der Waals surface area contributed by atoms with Crippen molar-refractivity contribution in [3.05, 3.63) is 83.6 Å². The van der Waals surface area contributed by atoms with Crippen LogP contribution in [0.15, 0.2) is 66.9 Å². The fraction of sp³-hybridized carbons (Fsp3) is 0.452. The molecule has 0 aliphatic carbocycles. The molecule has 2 aliphatic heterocycles. The summed E-state index contributed by atoms with van der Waals surface area (Å²) in [7, 11) is 2.12. The molecular formula is C31H38F2N4O. The molecule has 2 saturated heterocycles. The summed E-state index contributed by atoms with van der Waals surface area (Å²) in [5.41, 5.74) is 3.63. The van der Waals surface area contributed by atoms with Gasteiger partial charge < -0.3 is 19.9 Å². The van der Waals surface area contributed by atoms with Crippen LogP contribution < -0.4 is 10.2 Å². The van der Waals surface area contributed by atoms with E-state index in [0.29, 0.717) is 6.61 Å². The van der Waals surface area contributed by atoms with E-state index in [0.717, 1.165) is 81.5 Å². The predicted octanol–water partition coefficient (Wildman–Crippen LogP) is 5.45. The van der Waals surface area contributed by atoms with Gasteiger partial charge >= 0.3 is 0 Å². The Bertz CT molecular complexity index is 1200. The zero-order valence-electron chi connectivity index (χ0n) is 22.4. The molecule has 0 unspecified atom stereocenters. The molecule has 3 heterocycles. The molecule has 5 nitrogen and oxygen atoms in total. The average molecular weight is 521 g/mol. The number of pyridine rings is 1. The summed E-state index contributed by atoms with van der Waals surface area (Å²) in [6.45, 7) is 7.44. The van der Waals surface area contributed by atoms with Crippen LogP contribution in [0.5, 0.6) is 0 Å². The van der Waals surface area contributed by atoms with Crippen molar-refractivity contribution in [3.8, 4) is 11.1 Å². The number of aromatic nitrogens is 1. The zero-order valence-corrected chi connectivity index (χ0v) is 22.4. The summed E-state index contributed by atoms with van der Waals surface area (Å²) in [5.74, 6) is -2.06. The molecule has 2 fully saturated rings. The Morgan fingerprint density at radius 2 is 1.68 bits per heavy atom. The van der Waals surface area contributed by atoms with Gasteiger partial charge in [0.15, 0.2) is 0 Å². The summed E-state index contributed by atoms with van der Waals surface area (Å²) >= 11 is 0. The maximum atomic E-state index is 14.6. The molecule has 0 radical (unpaired) electrons. The van der Waals surface area contributed by atoms with E-state index in [1.807, 2.05) is 24.3 Å². The molecule has 0 spiro atoms. The summed E-state index contributed by atoms with van der Waals surface area (Å²) in [5, 5.41) is 3.45. The van der Waals surface area contributed by atoms with Gasteiger partial charge in [-0.3, -0.25) is 0 Å². The number of piperidine rings is 1. The Morgan fingerprint density at radius 1 is 0.947 bits per heavy atom. The fourth-order valence-corrected chi connectivity index (χ4v) is 5.58. The van der Waals surface area contributed by atoms with Crippen LogP contribution in [-0.2, 0) is 22.7 Å². The SMILES string of the molecule is CN1CCN(c2cc(-c3cc(COCC4(c5ccccc5)CCNCC4)cc(C(C)(F)F)c3)ccn2)CC1. The third-order valence-electron chi connectivity index (χ3n) is 8.00. The number of alkyl halides is 2. The van der Waals surface area contributed by atoms with Gasteiger partial charge in [-0.15, -0.1) is 0 Å². The topological polar surface area (TPSA) is 40.6 Å². The minimum atomic E-state index is -2.95. The highest BCUT2D eigenvalue weighted by Gasteiger charge is 2.34. The number of halogens is 2. The van der Waals surface area contributed by atoms with E-state index in [9.17, 15) is 8.78 Å². The third-order valence-corrected chi connectivity index (χ3v) is 8.00.